The van der Waals surface area contributed by atoms with Crippen LogP contribution in [0.4, 0.5) is 0 Å². The van der Waals surface area contributed by atoms with Crippen molar-refractivity contribution in [3.05, 3.63) is 6.92 Å². The molecule has 73 valence electrons. The molecule has 0 spiro atoms. The lowest BCUT2D eigenvalue weighted by atomic mass is 9.69. The van der Waals surface area contributed by atoms with Crippen LogP contribution < -0.4 is 0 Å². The highest BCUT2D eigenvalue weighted by molar-refractivity contribution is 4.83. The van der Waals surface area contributed by atoms with Crippen LogP contribution >= 0.6 is 0 Å². The zero-order valence-corrected chi connectivity index (χ0v) is 9.70. The molecule has 0 heterocycles. The Morgan fingerprint density at radius 2 is 1.58 bits per heavy atom. The van der Waals surface area contributed by atoms with Crippen molar-refractivity contribution in [3.63, 3.8) is 0 Å². The molecule has 0 N–H and O–H groups in total. The highest BCUT2D eigenvalue weighted by atomic mass is 14.3. The smallest absolute Gasteiger partial charge is 0.0324 e. The maximum absolute atomic E-state index is 4.17. The number of hydrogen-bond acceptors (Lipinski definition) is 0. The quantitative estimate of drug-likeness (QED) is 0.588. The second kappa shape index (κ2) is 3.81. The molecule has 1 radical (unpaired) electrons. The van der Waals surface area contributed by atoms with Crippen molar-refractivity contribution in [1.29, 1.82) is 0 Å². The monoisotopic (exact) mass is 169 g/mol. The van der Waals surface area contributed by atoms with Gasteiger partial charge in [0.2, 0.25) is 0 Å². The Hall–Kier alpha value is 0. The maximum atomic E-state index is 4.17. The molecule has 0 amide bonds. The van der Waals surface area contributed by atoms with Crippen LogP contribution in [0.3, 0.4) is 0 Å². The summed E-state index contributed by atoms with van der Waals surface area (Å²) in [6.07, 6.45) is 2.47. The van der Waals surface area contributed by atoms with E-state index in [1.807, 2.05) is 0 Å². The summed E-state index contributed by atoms with van der Waals surface area (Å²) in [5.41, 5.74) is 0.646. The van der Waals surface area contributed by atoms with Crippen molar-refractivity contribution in [1.82, 2.24) is 0 Å². The van der Waals surface area contributed by atoms with Crippen LogP contribution in [0.5, 0.6) is 0 Å². The van der Waals surface area contributed by atoms with Gasteiger partial charge in [0.05, 0.1) is 0 Å². The third kappa shape index (κ3) is 4.13. The van der Waals surface area contributed by atoms with E-state index in [1.54, 1.807) is 0 Å². The molecule has 0 saturated heterocycles. The largest absolute Gasteiger partial charge is 0.0651 e. The molecule has 0 heteroatoms. The van der Waals surface area contributed by atoms with E-state index >= 15 is 0 Å². The van der Waals surface area contributed by atoms with Gasteiger partial charge in [-0.25, -0.2) is 0 Å². The molecule has 0 nitrogen and oxygen atoms in total. The first kappa shape index (κ1) is 12.0. The Balaban J connectivity index is 4.22. The summed E-state index contributed by atoms with van der Waals surface area (Å²) in [4.78, 5) is 0. The zero-order valence-electron chi connectivity index (χ0n) is 9.70. The fraction of sp³-hybridized carbons (Fsp3) is 0.917. The Labute approximate surface area is 78.8 Å². The summed E-state index contributed by atoms with van der Waals surface area (Å²) in [5, 5.41) is 0. The molecule has 0 aromatic heterocycles. The summed E-state index contributed by atoms with van der Waals surface area (Å²) < 4.78 is 0. The average molecular weight is 169 g/mol. The van der Waals surface area contributed by atoms with Gasteiger partial charge in [0.1, 0.15) is 0 Å². The minimum atomic E-state index is 0.215. The van der Waals surface area contributed by atoms with Gasteiger partial charge in [-0.05, 0) is 30.1 Å². The topological polar surface area (TPSA) is 0 Å². The fourth-order valence-corrected chi connectivity index (χ4v) is 1.96. The fourth-order valence-electron chi connectivity index (χ4n) is 1.96. The van der Waals surface area contributed by atoms with Gasteiger partial charge in [-0.2, -0.15) is 0 Å². The predicted octanol–water partition coefficient (Wildman–Crippen LogP) is 4.31. The van der Waals surface area contributed by atoms with E-state index in [4.69, 9.17) is 0 Å². The highest BCUT2D eigenvalue weighted by Gasteiger charge is 2.29. The van der Waals surface area contributed by atoms with Gasteiger partial charge < -0.3 is 0 Å². The second-order valence-corrected chi connectivity index (χ2v) is 5.64. The summed E-state index contributed by atoms with van der Waals surface area (Å²) in [7, 11) is 0. The molecule has 0 aliphatic carbocycles. The van der Waals surface area contributed by atoms with Crippen molar-refractivity contribution >= 4 is 0 Å². The van der Waals surface area contributed by atoms with Gasteiger partial charge in [-0.3, -0.25) is 0 Å². The van der Waals surface area contributed by atoms with E-state index in [1.165, 1.54) is 12.8 Å². The van der Waals surface area contributed by atoms with E-state index in [2.05, 4.69) is 48.5 Å². The van der Waals surface area contributed by atoms with E-state index < -0.39 is 0 Å². The molecular weight excluding hydrogens is 144 g/mol. The van der Waals surface area contributed by atoms with Crippen molar-refractivity contribution in [2.75, 3.05) is 0 Å². The Morgan fingerprint density at radius 1 is 1.17 bits per heavy atom. The third-order valence-corrected chi connectivity index (χ3v) is 2.88. The lowest BCUT2D eigenvalue weighted by molar-refractivity contribution is 0.151. The van der Waals surface area contributed by atoms with Gasteiger partial charge >= 0.3 is 0 Å². The van der Waals surface area contributed by atoms with E-state index in [-0.39, 0.29) is 5.41 Å². The predicted molar refractivity (Wildman–Crippen MR) is 57.0 cm³/mol. The summed E-state index contributed by atoms with van der Waals surface area (Å²) in [6.45, 7) is 17.9. The molecule has 0 rings (SSSR count). The molecule has 0 aliphatic rings. The van der Waals surface area contributed by atoms with Crippen LogP contribution in [-0.4, -0.2) is 0 Å². The first-order valence-corrected chi connectivity index (χ1v) is 5.04. The van der Waals surface area contributed by atoms with E-state index in [9.17, 15) is 0 Å². The molecule has 0 fully saturated rings. The number of rotatable bonds is 4. The average Bonchev–Trinajstić information content (AvgIpc) is 1.80. The zero-order chi connectivity index (χ0) is 9.99. The molecule has 12 heavy (non-hydrogen) atoms. The van der Waals surface area contributed by atoms with Gasteiger partial charge in [-0.15, -0.1) is 0 Å². The Morgan fingerprint density at radius 3 is 1.83 bits per heavy atom. The second-order valence-electron chi connectivity index (χ2n) is 5.64. The van der Waals surface area contributed by atoms with Crippen LogP contribution in [0.25, 0.3) is 0 Å². The summed E-state index contributed by atoms with van der Waals surface area (Å²) >= 11 is 0. The highest BCUT2D eigenvalue weighted by Crippen LogP contribution is 2.39. The minimum absolute atomic E-state index is 0.215. The van der Waals surface area contributed by atoms with E-state index in [0.29, 0.717) is 5.41 Å². The van der Waals surface area contributed by atoms with Crippen LogP contribution in [0.1, 0.15) is 54.4 Å². The van der Waals surface area contributed by atoms with Crippen LogP contribution in [0, 0.1) is 23.7 Å². The molecule has 0 aliphatic heterocycles. The molecule has 0 aromatic rings. The van der Waals surface area contributed by atoms with Crippen LogP contribution in [0.2, 0.25) is 0 Å². The summed E-state index contributed by atoms with van der Waals surface area (Å²) in [6, 6.07) is 0. The van der Waals surface area contributed by atoms with E-state index in [0.717, 1.165) is 5.92 Å². The van der Waals surface area contributed by atoms with Crippen molar-refractivity contribution in [3.8, 4) is 0 Å². The standard InChI is InChI=1S/C12H25/c1-8-10(2)12(6,7)9-11(3,4)5/h10H,3,8-9H2,1-2,4-7H3. The van der Waals surface area contributed by atoms with Crippen molar-refractivity contribution in [2.45, 2.75) is 54.4 Å². The molecule has 0 bridgehead atoms. The number of hydrogen-bond donors (Lipinski definition) is 0. The lowest BCUT2D eigenvalue weighted by Crippen LogP contribution is -2.27. The molecule has 0 aromatic carbocycles. The van der Waals surface area contributed by atoms with Gasteiger partial charge in [-0.1, -0.05) is 48.0 Å². The lowest BCUT2D eigenvalue weighted by Gasteiger charge is -2.37. The van der Waals surface area contributed by atoms with Gasteiger partial charge in [0.25, 0.3) is 0 Å². The Bertz CT molecular complexity index is 125. The molecule has 0 saturated carbocycles. The molecule has 1 unspecified atom stereocenters. The van der Waals surface area contributed by atoms with Gasteiger partial charge in [0, 0.05) is 0 Å². The Kier molecular flexibility index (Phi) is 3.81. The molecule has 1 atom stereocenters. The third-order valence-electron chi connectivity index (χ3n) is 2.88. The van der Waals surface area contributed by atoms with Crippen molar-refractivity contribution < 1.29 is 0 Å². The first-order chi connectivity index (χ1) is 5.19. The SMILES string of the molecule is [CH2]C(C)(C)CC(C)(C)C(C)CC. The maximum Gasteiger partial charge on any atom is -0.0324 e. The first-order valence-electron chi connectivity index (χ1n) is 5.04. The van der Waals surface area contributed by atoms with Crippen LogP contribution in [0.15, 0.2) is 0 Å². The van der Waals surface area contributed by atoms with Gasteiger partial charge in [0.15, 0.2) is 0 Å². The molecular formula is C12H25. The normalized spacial score (nSPS) is 16.2. The minimum Gasteiger partial charge on any atom is -0.0651 e. The van der Waals surface area contributed by atoms with Crippen LogP contribution in [-0.2, 0) is 0 Å². The van der Waals surface area contributed by atoms with Crippen molar-refractivity contribution in [2.24, 2.45) is 16.7 Å². The summed E-state index contributed by atoms with van der Waals surface area (Å²) in [5.74, 6) is 0.790.